The Morgan fingerprint density at radius 2 is 2.08 bits per heavy atom. The number of hydrogen-bond acceptors (Lipinski definition) is 6. The monoisotopic (exact) mass is 360 g/mol. The summed E-state index contributed by atoms with van der Waals surface area (Å²) in [6, 6.07) is 9.25. The molecule has 0 atom stereocenters. The molecule has 0 fully saturated rings. The lowest BCUT2D eigenvalue weighted by Crippen LogP contribution is -2.31. The predicted octanol–water partition coefficient (Wildman–Crippen LogP) is 3.02. The van der Waals surface area contributed by atoms with Gasteiger partial charge in [0.2, 0.25) is 5.89 Å². The van der Waals surface area contributed by atoms with E-state index in [0.717, 1.165) is 4.88 Å². The van der Waals surface area contributed by atoms with Crippen LogP contribution in [0.15, 0.2) is 52.5 Å². The fraction of sp³-hybridized carbons (Fsp3) is 0.118. The number of nitrogens with one attached hydrogen (secondary N) is 1. The molecule has 1 aromatic carbocycles. The summed E-state index contributed by atoms with van der Waals surface area (Å²) < 4.78 is 23.8. The number of carbonyl (C=O) groups excluding carboxylic acids is 2. The van der Waals surface area contributed by atoms with Gasteiger partial charge in [-0.2, -0.15) is 0 Å². The lowest BCUT2D eigenvalue weighted by atomic mass is 10.2. The van der Waals surface area contributed by atoms with Crippen molar-refractivity contribution in [3.05, 3.63) is 65.1 Å². The van der Waals surface area contributed by atoms with Gasteiger partial charge in [-0.3, -0.25) is 9.59 Å². The van der Waals surface area contributed by atoms with Crippen molar-refractivity contribution < 1.29 is 23.1 Å². The number of carbonyl (C=O) groups is 2. The number of amides is 1. The molecule has 0 saturated carbocycles. The third-order valence-corrected chi connectivity index (χ3v) is 4.03. The second-order valence-corrected chi connectivity index (χ2v) is 5.89. The normalized spacial score (nSPS) is 10.4. The summed E-state index contributed by atoms with van der Waals surface area (Å²) in [5, 5.41) is 4.21. The van der Waals surface area contributed by atoms with Crippen LogP contribution >= 0.6 is 11.3 Å². The number of nitrogens with zero attached hydrogens (tertiary/aromatic N) is 1. The van der Waals surface area contributed by atoms with Gasteiger partial charge in [0.15, 0.2) is 0 Å². The zero-order valence-corrected chi connectivity index (χ0v) is 13.7. The summed E-state index contributed by atoms with van der Waals surface area (Å²) in [7, 11) is 0. The number of esters is 1. The average Bonchev–Trinajstić information content (AvgIpc) is 3.29. The molecule has 8 heteroatoms. The number of aromatic nitrogens is 1. The van der Waals surface area contributed by atoms with Gasteiger partial charge in [-0.25, -0.2) is 9.37 Å². The second-order valence-electron chi connectivity index (χ2n) is 4.94. The van der Waals surface area contributed by atoms with E-state index >= 15 is 0 Å². The highest BCUT2D eigenvalue weighted by Gasteiger charge is 2.13. The highest BCUT2D eigenvalue weighted by Crippen LogP contribution is 2.23. The lowest BCUT2D eigenvalue weighted by Gasteiger charge is -2.06. The third-order valence-electron chi connectivity index (χ3n) is 3.18. The molecular weight excluding hydrogens is 347 g/mol. The molecule has 128 valence electrons. The molecule has 2 heterocycles. The van der Waals surface area contributed by atoms with Crippen LogP contribution in [0.5, 0.6) is 0 Å². The topological polar surface area (TPSA) is 81.4 Å². The first-order valence-corrected chi connectivity index (χ1v) is 8.18. The van der Waals surface area contributed by atoms with Crippen molar-refractivity contribution in [3.63, 3.8) is 0 Å². The highest BCUT2D eigenvalue weighted by atomic mass is 32.1. The van der Waals surface area contributed by atoms with E-state index in [1.165, 1.54) is 41.9 Å². The van der Waals surface area contributed by atoms with Gasteiger partial charge in [-0.15, -0.1) is 11.3 Å². The summed E-state index contributed by atoms with van der Waals surface area (Å²) in [6.07, 6.45) is 1.40. The van der Waals surface area contributed by atoms with E-state index in [9.17, 15) is 14.0 Å². The third kappa shape index (κ3) is 4.30. The Bertz CT molecular complexity index is 876. The Morgan fingerprint density at radius 3 is 2.84 bits per heavy atom. The number of ether oxygens (including phenoxy) is 1. The Labute approximate surface area is 146 Å². The zero-order valence-electron chi connectivity index (χ0n) is 12.9. The molecule has 0 aliphatic heterocycles. The Kier molecular flexibility index (Phi) is 5.20. The van der Waals surface area contributed by atoms with Crippen LogP contribution in [0, 0.1) is 5.82 Å². The van der Waals surface area contributed by atoms with E-state index < -0.39 is 17.7 Å². The Balaban J connectivity index is 1.47. The smallest absolute Gasteiger partial charge is 0.325 e. The predicted molar refractivity (Wildman–Crippen MR) is 88.3 cm³/mol. The molecule has 0 saturated heterocycles. The zero-order chi connectivity index (χ0) is 17.6. The highest BCUT2D eigenvalue weighted by molar-refractivity contribution is 7.13. The molecular formula is C17H13FN2O4S. The molecule has 1 amide bonds. The summed E-state index contributed by atoms with van der Waals surface area (Å²) >= 11 is 1.48. The molecule has 6 nitrogen and oxygen atoms in total. The van der Waals surface area contributed by atoms with E-state index in [2.05, 4.69) is 10.3 Å². The quantitative estimate of drug-likeness (QED) is 0.684. The van der Waals surface area contributed by atoms with E-state index in [4.69, 9.17) is 9.15 Å². The van der Waals surface area contributed by atoms with Crippen LogP contribution in [0.3, 0.4) is 0 Å². The van der Waals surface area contributed by atoms with E-state index in [0.29, 0.717) is 11.6 Å². The van der Waals surface area contributed by atoms with Crippen molar-refractivity contribution in [2.24, 2.45) is 0 Å². The maximum absolute atomic E-state index is 13.5. The number of benzene rings is 1. The molecule has 3 rings (SSSR count). The number of hydrogen-bond donors (Lipinski definition) is 1. The van der Waals surface area contributed by atoms with Crippen molar-refractivity contribution in [3.8, 4) is 10.8 Å². The first-order valence-electron chi connectivity index (χ1n) is 7.30. The van der Waals surface area contributed by atoms with Gasteiger partial charge in [0.25, 0.3) is 5.91 Å². The number of rotatable bonds is 6. The van der Waals surface area contributed by atoms with E-state index in [1.54, 1.807) is 0 Å². The van der Waals surface area contributed by atoms with Crippen molar-refractivity contribution >= 4 is 23.2 Å². The SMILES string of the molecule is O=C(CNC(=O)c1ccccc1F)OCc1coc(-c2cccs2)n1. The van der Waals surface area contributed by atoms with Crippen molar-refractivity contribution in [1.82, 2.24) is 10.3 Å². The molecule has 0 aliphatic rings. The molecule has 25 heavy (non-hydrogen) atoms. The van der Waals surface area contributed by atoms with Gasteiger partial charge < -0.3 is 14.5 Å². The van der Waals surface area contributed by atoms with Crippen LogP contribution in [0.2, 0.25) is 0 Å². The minimum Gasteiger partial charge on any atom is -0.458 e. The van der Waals surface area contributed by atoms with Crippen molar-refractivity contribution in [2.45, 2.75) is 6.61 Å². The largest absolute Gasteiger partial charge is 0.458 e. The minimum atomic E-state index is -0.684. The van der Waals surface area contributed by atoms with E-state index in [-0.39, 0.29) is 18.7 Å². The van der Waals surface area contributed by atoms with Crippen LogP contribution in [0.25, 0.3) is 10.8 Å². The van der Waals surface area contributed by atoms with Gasteiger partial charge in [-0.05, 0) is 23.6 Å². The molecule has 1 N–H and O–H groups in total. The summed E-state index contributed by atoms with van der Waals surface area (Å²) in [5.41, 5.74) is 0.324. The summed E-state index contributed by atoms with van der Waals surface area (Å²) in [5.74, 6) is -1.55. The molecule has 0 aliphatic carbocycles. The number of halogens is 1. The van der Waals surface area contributed by atoms with Crippen molar-refractivity contribution in [1.29, 1.82) is 0 Å². The Hall–Kier alpha value is -3.00. The standard InChI is InChI=1S/C17H13FN2O4S/c18-13-5-2-1-4-12(13)16(22)19-8-15(21)23-9-11-10-24-17(20-11)14-6-3-7-25-14/h1-7,10H,8-9H2,(H,19,22). The molecule has 0 radical (unpaired) electrons. The first kappa shape index (κ1) is 16.8. The molecule has 2 aromatic heterocycles. The van der Waals surface area contributed by atoms with Crippen LogP contribution in [-0.2, 0) is 16.1 Å². The van der Waals surface area contributed by atoms with E-state index in [1.807, 2.05) is 17.5 Å². The van der Waals surface area contributed by atoms with Crippen LogP contribution in [0.1, 0.15) is 16.1 Å². The van der Waals surface area contributed by atoms with Gasteiger partial charge in [-0.1, -0.05) is 18.2 Å². The summed E-state index contributed by atoms with van der Waals surface area (Å²) in [4.78, 5) is 28.6. The molecule has 0 unspecified atom stereocenters. The fourth-order valence-corrected chi connectivity index (χ4v) is 2.64. The van der Waals surface area contributed by atoms with Gasteiger partial charge in [0.05, 0.1) is 10.4 Å². The Morgan fingerprint density at radius 1 is 1.24 bits per heavy atom. The molecule has 0 bridgehead atoms. The lowest BCUT2D eigenvalue weighted by molar-refractivity contribution is -0.143. The molecule has 0 spiro atoms. The first-order chi connectivity index (χ1) is 12.1. The average molecular weight is 360 g/mol. The minimum absolute atomic E-state index is 0.0801. The van der Waals surface area contributed by atoms with Crippen LogP contribution in [-0.4, -0.2) is 23.4 Å². The number of thiophene rings is 1. The summed E-state index contributed by atoms with van der Waals surface area (Å²) in [6.45, 7) is -0.452. The second kappa shape index (κ2) is 7.71. The van der Waals surface area contributed by atoms with Crippen LogP contribution < -0.4 is 5.32 Å². The fourth-order valence-electron chi connectivity index (χ4n) is 1.99. The maximum atomic E-state index is 13.5. The van der Waals surface area contributed by atoms with Crippen molar-refractivity contribution in [2.75, 3.05) is 6.54 Å². The van der Waals surface area contributed by atoms with Gasteiger partial charge >= 0.3 is 5.97 Å². The van der Waals surface area contributed by atoms with Gasteiger partial charge in [0, 0.05) is 0 Å². The van der Waals surface area contributed by atoms with Crippen LogP contribution in [0.4, 0.5) is 4.39 Å². The maximum Gasteiger partial charge on any atom is 0.325 e. The van der Waals surface area contributed by atoms with Gasteiger partial charge in [0.1, 0.15) is 30.9 Å². The number of oxazole rings is 1. The molecule has 3 aromatic rings.